The van der Waals surface area contributed by atoms with E-state index in [9.17, 15) is 18.0 Å². The van der Waals surface area contributed by atoms with Crippen molar-refractivity contribution >= 4 is 39.0 Å². The average Bonchev–Trinajstić information content (AvgIpc) is 3.46. The van der Waals surface area contributed by atoms with Crippen LogP contribution in [-0.4, -0.2) is 43.8 Å². The van der Waals surface area contributed by atoms with Gasteiger partial charge in [0.2, 0.25) is 0 Å². The van der Waals surface area contributed by atoms with Gasteiger partial charge in [0, 0.05) is 29.7 Å². The molecule has 0 bridgehead atoms. The molecule has 4 N–H and O–H groups in total. The summed E-state index contributed by atoms with van der Waals surface area (Å²) in [5, 5.41) is 2.78. The molecule has 9 nitrogen and oxygen atoms in total. The van der Waals surface area contributed by atoms with E-state index in [-0.39, 0.29) is 9.90 Å². The second-order valence-electron chi connectivity index (χ2n) is 8.83. The molecule has 1 aliphatic heterocycles. The first kappa shape index (κ1) is 23.5. The summed E-state index contributed by atoms with van der Waals surface area (Å²) in [6.45, 7) is 1.56. The van der Waals surface area contributed by atoms with Gasteiger partial charge in [0.05, 0.1) is 5.69 Å². The number of benzene rings is 1. The van der Waals surface area contributed by atoms with Crippen molar-refractivity contribution in [3.05, 3.63) is 63.8 Å². The van der Waals surface area contributed by atoms with Crippen LogP contribution in [0.15, 0.2) is 40.7 Å². The van der Waals surface area contributed by atoms with Gasteiger partial charge in [0.15, 0.2) is 0 Å². The van der Waals surface area contributed by atoms with Crippen LogP contribution in [0.1, 0.15) is 38.5 Å². The smallest absolute Gasteiger partial charge is 0.333 e. The van der Waals surface area contributed by atoms with Gasteiger partial charge in [-0.15, -0.1) is 11.3 Å². The van der Waals surface area contributed by atoms with Crippen molar-refractivity contribution in [3.63, 3.8) is 0 Å². The van der Waals surface area contributed by atoms with Crippen molar-refractivity contribution in [1.82, 2.24) is 14.6 Å². The third-order valence-electron chi connectivity index (χ3n) is 6.37. The average molecular weight is 512 g/mol. The third kappa shape index (κ3) is 4.66. The Morgan fingerprint density at radius 2 is 1.94 bits per heavy atom. The molecule has 0 unspecified atom stereocenters. The lowest BCUT2D eigenvalue weighted by molar-refractivity contribution is 0.0995. The number of nitrogens with one attached hydrogen (secondary N) is 2. The predicted molar refractivity (Wildman–Crippen MR) is 134 cm³/mol. The minimum absolute atomic E-state index is 0.105. The number of hydrogen-bond donors (Lipinski definition) is 3. The van der Waals surface area contributed by atoms with E-state index in [1.165, 1.54) is 17.5 Å². The highest BCUT2D eigenvalue weighted by Gasteiger charge is 2.26. The van der Waals surface area contributed by atoms with Crippen molar-refractivity contribution in [2.45, 2.75) is 36.4 Å². The van der Waals surface area contributed by atoms with Crippen LogP contribution >= 0.6 is 11.3 Å². The molecule has 1 aliphatic carbocycles. The Morgan fingerprint density at radius 3 is 2.74 bits per heavy atom. The number of fused-ring (bicyclic) bond motifs is 2. The number of nitrogens with two attached hydrogens (primary N) is 1. The molecule has 0 saturated heterocycles. The summed E-state index contributed by atoms with van der Waals surface area (Å²) in [4.78, 5) is 31.7. The lowest BCUT2D eigenvalue weighted by Gasteiger charge is -2.21. The number of aryl methyl sites for hydroxylation is 1. The number of aromatic nitrogens is 1. The molecule has 0 atom stereocenters. The summed E-state index contributed by atoms with van der Waals surface area (Å²) >= 11 is 1.21. The van der Waals surface area contributed by atoms with Crippen LogP contribution in [0.25, 0.3) is 11.1 Å². The Kier molecular flexibility index (Phi) is 6.07. The maximum atomic E-state index is 13.0. The van der Waals surface area contributed by atoms with Gasteiger partial charge in [-0.25, -0.2) is 17.9 Å². The van der Waals surface area contributed by atoms with E-state index in [0.29, 0.717) is 23.4 Å². The number of nitrogens with zero attached hydrogens (tertiary/aromatic N) is 2. The molecular weight excluding hydrogens is 486 g/mol. The number of urea groups is 1. The molecule has 2 aromatic heterocycles. The first-order chi connectivity index (χ1) is 16.7. The fourth-order valence-corrected chi connectivity index (χ4v) is 7.12. The standard InChI is InChI=1S/C24H25N5O4S2/c1-29-10-8-20-16(13-29)12-21(34-20)35(32,33)28-24(31)27-22-17-4-2-3-14(17)5-6-18(22)15-7-9-26-19(11-15)23(25)30/h5-7,9,11-12H,2-4,8,10,13H2,1H3,(H2,25,30)(H2,27,28,31). The molecule has 3 amide bonds. The number of carbonyl (C=O) groups is 2. The number of amides is 3. The summed E-state index contributed by atoms with van der Waals surface area (Å²) in [5.74, 6) is -0.656. The van der Waals surface area contributed by atoms with Crippen LogP contribution in [0.4, 0.5) is 10.5 Å². The third-order valence-corrected chi connectivity index (χ3v) is 9.41. The maximum absolute atomic E-state index is 13.0. The van der Waals surface area contributed by atoms with Gasteiger partial charge in [-0.3, -0.25) is 9.78 Å². The van der Waals surface area contributed by atoms with Gasteiger partial charge < -0.3 is 16.0 Å². The van der Waals surface area contributed by atoms with Gasteiger partial charge in [-0.1, -0.05) is 12.1 Å². The minimum Gasteiger partial charge on any atom is -0.364 e. The zero-order chi connectivity index (χ0) is 24.7. The van der Waals surface area contributed by atoms with Gasteiger partial charge >= 0.3 is 6.03 Å². The molecule has 35 heavy (non-hydrogen) atoms. The summed E-state index contributed by atoms with van der Waals surface area (Å²) in [6, 6.07) is 7.95. The second-order valence-corrected chi connectivity index (χ2v) is 11.9. The highest BCUT2D eigenvalue weighted by molar-refractivity contribution is 7.92. The molecular formula is C24H25N5O4S2. The quantitative estimate of drug-likeness (QED) is 0.482. The number of rotatable bonds is 5. The number of pyridine rings is 1. The Balaban J connectivity index is 1.44. The van der Waals surface area contributed by atoms with Crippen molar-refractivity contribution in [1.29, 1.82) is 0 Å². The molecule has 2 aliphatic rings. The normalized spacial score (nSPS) is 15.3. The van der Waals surface area contributed by atoms with E-state index >= 15 is 0 Å². The SMILES string of the molecule is CN1CCc2sc(S(=O)(=O)NC(=O)Nc3c(-c4ccnc(C(N)=O)c4)ccc4c3CCC4)cc2C1. The monoisotopic (exact) mass is 511 g/mol. The van der Waals surface area contributed by atoms with E-state index in [0.717, 1.165) is 53.8 Å². The Hall–Kier alpha value is -3.28. The van der Waals surface area contributed by atoms with Crippen molar-refractivity contribution in [2.75, 3.05) is 18.9 Å². The Labute approximate surface area is 207 Å². The lowest BCUT2D eigenvalue weighted by atomic mass is 9.97. The van der Waals surface area contributed by atoms with Gasteiger partial charge in [-0.2, -0.15) is 0 Å². The zero-order valence-electron chi connectivity index (χ0n) is 19.1. The van der Waals surface area contributed by atoms with Crippen LogP contribution in [-0.2, 0) is 35.8 Å². The molecule has 0 radical (unpaired) electrons. The molecule has 3 heterocycles. The van der Waals surface area contributed by atoms with Crippen molar-refractivity contribution in [3.8, 4) is 11.1 Å². The van der Waals surface area contributed by atoms with Crippen LogP contribution in [0.3, 0.4) is 0 Å². The van der Waals surface area contributed by atoms with Crippen LogP contribution < -0.4 is 15.8 Å². The van der Waals surface area contributed by atoms with Gasteiger partial charge in [0.25, 0.3) is 15.9 Å². The van der Waals surface area contributed by atoms with E-state index < -0.39 is 22.0 Å². The zero-order valence-corrected chi connectivity index (χ0v) is 20.8. The Bertz CT molecular complexity index is 1450. The predicted octanol–water partition coefficient (Wildman–Crippen LogP) is 2.90. The number of primary amides is 1. The molecule has 11 heteroatoms. The van der Waals surface area contributed by atoms with Gasteiger partial charge in [0.1, 0.15) is 9.90 Å². The highest BCUT2D eigenvalue weighted by atomic mass is 32.2. The van der Waals surface area contributed by atoms with E-state index in [1.54, 1.807) is 18.2 Å². The number of carbonyl (C=O) groups excluding carboxylic acids is 2. The van der Waals surface area contributed by atoms with Crippen LogP contribution in [0.5, 0.6) is 0 Å². The molecule has 0 saturated carbocycles. The van der Waals surface area contributed by atoms with E-state index in [4.69, 9.17) is 5.73 Å². The number of hydrogen-bond acceptors (Lipinski definition) is 7. The largest absolute Gasteiger partial charge is 0.364 e. The lowest BCUT2D eigenvalue weighted by Crippen LogP contribution is -2.34. The van der Waals surface area contributed by atoms with Crippen molar-refractivity contribution in [2.24, 2.45) is 5.73 Å². The molecule has 5 rings (SSSR count). The van der Waals surface area contributed by atoms with E-state index in [2.05, 4.69) is 19.9 Å². The summed E-state index contributed by atoms with van der Waals surface area (Å²) in [5.41, 5.74) is 10.4. The molecule has 0 spiro atoms. The van der Waals surface area contributed by atoms with Crippen LogP contribution in [0.2, 0.25) is 0 Å². The number of thiophene rings is 1. The second kappa shape index (κ2) is 9.06. The number of anilines is 1. The van der Waals surface area contributed by atoms with E-state index in [1.807, 2.05) is 19.2 Å². The minimum atomic E-state index is -4.03. The Morgan fingerprint density at radius 1 is 1.11 bits per heavy atom. The summed E-state index contributed by atoms with van der Waals surface area (Å²) < 4.78 is 28.3. The summed E-state index contributed by atoms with van der Waals surface area (Å²) in [6.07, 6.45) is 4.84. The molecule has 182 valence electrons. The van der Waals surface area contributed by atoms with Crippen LogP contribution in [0, 0.1) is 0 Å². The fourth-order valence-electron chi connectivity index (χ4n) is 4.67. The number of likely N-dealkylation sites (N-methyl/N-ethyl adjacent to an activating group) is 1. The van der Waals surface area contributed by atoms with Crippen molar-refractivity contribution < 1.29 is 18.0 Å². The topological polar surface area (TPSA) is 134 Å². The molecule has 3 aromatic rings. The molecule has 0 fully saturated rings. The first-order valence-electron chi connectivity index (χ1n) is 11.3. The first-order valence-corrected chi connectivity index (χ1v) is 13.6. The number of sulfonamides is 1. The van der Waals surface area contributed by atoms with Gasteiger partial charge in [-0.05, 0) is 73.2 Å². The fraction of sp³-hybridized carbons (Fsp3) is 0.292. The summed E-state index contributed by atoms with van der Waals surface area (Å²) in [7, 11) is -2.04. The molecule has 1 aromatic carbocycles. The maximum Gasteiger partial charge on any atom is 0.333 e. The highest BCUT2D eigenvalue weighted by Crippen LogP contribution is 2.38.